The van der Waals surface area contributed by atoms with Crippen LogP contribution in [0.5, 0.6) is 0 Å². The van der Waals surface area contributed by atoms with Crippen molar-refractivity contribution in [3.63, 3.8) is 0 Å². The second-order valence-electron chi connectivity index (χ2n) is 17.7. The summed E-state index contributed by atoms with van der Waals surface area (Å²) in [6, 6.07) is 34.3. The largest absolute Gasteiger partial charge is 0.416 e. The highest BCUT2D eigenvalue weighted by Gasteiger charge is 2.41. The molecule has 3 aliphatic rings. The number of amides is 2. The number of anilines is 2. The van der Waals surface area contributed by atoms with Gasteiger partial charge in [0.2, 0.25) is 21.1 Å². The van der Waals surface area contributed by atoms with Crippen molar-refractivity contribution in [1.29, 1.82) is 0 Å². The van der Waals surface area contributed by atoms with Crippen LogP contribution >= 0.6 is 0 Å². The predicted octanol–water partition coefficient (Wildman–Crippen LogP) is 11.6. The maximum absolute atomic E-state index is 13.1. The summed E-state index contributed by atoms with van der Waals surface area (Å²) in [7, 11) is 4.39. The quantitative estimate of drug-likeness (QED) is 0.0508. The van der Waals surface area contributed by atoms with Crippen LogP contribution in [0.15, 0.2) is 161 Å². The van der Waals surface area contributed by atoms with Crippen molar-refractivity contribution < 1.29 is 14.3 Å². The zero-order chi connectivity index (χ0) is 43.8. The van der Waals surface area contributed by atoms with Gasteiger partial charge in [-0.25, -0.2) is 4.79 Å². The highest BCUT2D eigenvalue weighted by atomic mass is 32.1. The molecule has 2 aliphatic heterocycles. The van der Waals surface area contributed by atoms with Crippen LogP contribution < -0.4 is 20.4 Å². The molecular weight excluding hydrogens is 785 g/mol. The first-order valence-corrected chi connectivity index (χ1v) is 22.5. The third kappa shape index (κ3) is 8.12. The van der Waals surface area contributed by atoms with Gasteiger partial charge in [-0.3, -0.25) is 4.79 Å². The summed E-state index contributed by atoms with van der Waals surface area (Å²) in [5.41, 5.74) is 10.7. The van der Waals surface area contributed by atoms with E-state index >= 15 is 0 Å². The van der Waals surface area contributed by atoms with Gasteiger partial charge in [-0.05, 0) is 102 Å². The lowest BCUT2D eigenvalue weighted by molar-refractivity contribution is 0.0953. The fourth-order valence-corrected chi connectivity index (χ4v) is 10.8. The summed E-state index contributed by atoms with van der Waals surface area (Å²) in [6.45, 7) is 15.4. The van der Waals surface area contributed by atoms with E-state index in [1.807, 2.05) is 24.3 Å². The van der Waals surface area contributed by atoms with Crippen LogP contribution in [0.3, 0.4) is 0 Å². The van der Waals surface area contributed by atoms with Gasteiger partial charge in [0.05, 0.1) is 5.76 Å². The van der Waals surface area contributed by atoms with Gasteiger partial charge >= 0.3 is 6.09 Å². The Morgan fingerprint density at radius 2 is 1.19 bits per heavy atom. The molecule has 0 radical (unpaired) electrons. The molecule has 62 heavy (non-hydrogen) atoms. The maximum atomic E-state index is 13.1. The van der Waals surface area contributed by atoms with Crippen molar-refractivity contribution in [2.45, 2.75) is 76.0 Å². The number of fused-ring (bicyclic) bond motifs is 6. The Labute approximate surface area is 370 Å². The van der Waals surface area contributed by atoms with E-state index in [0.717, 1.165) is 24.2 Å². The van der Waals surface area contributed by atoms with E-state index in [0.29, 0.717) is 30.8 Å². The Kier molecular flexibility index (Phi) is 11.8. The van der Waals surface area contributed by atoms with Gasteiger partial charge in [-0.2, -0.15) is 0 Å². The zero-order valence-corrected chi connectivity index (χ0v) is 37.8. The molecule has 2 amide bonds. The molecule has 0 saturated heterocycles. The average Bonchev–Trinajstić information content (AvgIpc) is 3.58. The second kappa shape index (κ2) is 17.3. The lowest BCUT2D eigenvalue weighted by atomic mass is 9.80. The van der Waals surface area contributed by atoms with E-state index in [-0.39, 0.29) is 16.7 Å². The van der Waals surface area contributed by atoms with Crippen LogP contribution in [-0.2, 0) is 26.9 Å². The summed E-state index contributed by atoms with van der Waals surface area (Å²) in [5, 5.41) is 10.8. The molecule has 7 nitrogen and oxygen atoms in total. The first-order valence-electron chi connectivity index (χ1n) is 21.7. The molecule has 316 valence electrons. The van der Waals surface area contributed by atoms with E-state index in [9.17, 15) is 9.59 Å². The van der Waals surface area contributed by atoms with Gasteiger partial charge < -0.3 is 25.2 Å². The minimum absolute atomic E-state index is 0.148. The predicted molar refractivity (Wildman–Crippen MR) is 260 cm³/mol. The number of nitrogens with zero attached hydrogens (tertiary/aromatic N) is 2. The van der Waals surface area contributed by atoms with E-state index in [2.05, 4.69) is 166 Å². The maximum Gasteiger partial charge on any atom is 0.412 e. The number of ether oxygens (including phenoxy) is 1. The topological polar surface area (TPSA) is 73.9 Å². The Bertz CT molecular complexity index is 2630. The lowest BCUT2D eigenvalue weighted by Crippen LogP contribution is -2.30. The molecule has 1 aliphatic carbocycles. The Balaban J connectivity index is 1.12. The number of benzene rings is 5. The van der Waals surface area contributed by atoms with Crippen LogP contribution in [0.4, 0.5) is 16.2 Å². The number of allylic oxidation sites excluding steroid dienone is 9. The number of likely N-dealkylation sites (N-methyl/N-ethyl adjacent to an activating group) is 2. The Hall–Kier alpha value is -6.25. The summed E-state index contributed by atoms with van der Waals surface area (Å²) >= 11 is 1.78. The van der Waals surface area contributed by atoms with Crippen LogP contribution in [0.25, 0.3) is 21.5 Å². The van der Waals surface area contributed by atoms with Crippen molar-refractivity contribution in [2.24, 2.45) is 0 Å². The standard InChI is InChI=1S/C54H56N4O3S/c1-35(2)61-52(60)56-34-14-33-55-51(59)40-21-27-41(28-22-40)62-50-38(25-31-46-53(3,4)48-42-19-11-9-15-36(42)23-29-44(48)57(46)7)17-13-18-39(50)26-32-47-54(5,6)49-43-20-12-10-16-37(43)24-30-45(49)58(47)8/h9-12,15-16,19-32H,1,13-14,17-18,33-34H2,2-8H3,(H-,55,56,59,60)/p+1/b38-25+,39-26+,46-31-,47-32-. The third-order valence-corrected chi connectivity index (χ3v) is 13.9. The lowest BCUT2D eigenvalue weighted by Gasteiger charge is -2.25. The summed E-state index contributed by atoms with van der Waals surface area (Å²) in [6.07, 6.45) is 12.5. The minimum Gasteiger partial charge on any atom is -0.416 e. The van der Waals surface area contributed by atoms with Gasteiger partial charge in [0.15, 0.2) is 0 Å². The van der Waals surface area contributed by atoms with Crippen molar-refractivity contribution >= 4 is 61.1 Å². The molecule has 1 fully saturated rings. The monoisotopic (exact) mass is 841 g/mol. The van der Waals surface area contributed by atoms with Crippen molar-refractivity contribution in [3.05, 3.63) is 173 Å². The highest BCUT2D eigenvalue weighted by Crippen LogP contribution is 2.51. The minimum atomic E-state index is -0.542. The first-order chi connectivity index (χ1) is 29.8. The molecule has 1 saturated carbocycles. The molecular formula is C54H57N4O3S+. The second-order valence-corrected chi connectivity index (χ2v) is 18.7. The molecule has 0 aromatic heterocycles. The Morgan fingerprint density at radius 1 is 0.694 bits per heavy atom. The zero-order valence-electron chi connectivity index (χ0n) is 37.0. The van der Waals surface area contributed by atoms with E-state index in [1.165, 1.54) is 71.5 Å². The van der Waals surface area contributed by atoms with Gasteiger partial charge in [-0.15, -0.1) is 0 Å². The van der Waals surface area contributed by atoms with Crippen LogP contribution in [0, 0.1) is 0 Å². The number of carbonyl (C=O) groups excluding carboxylic acids is 2. The van der Waals surface area contributed by atoms with Gasteiger partial charge in [0.25, 0.3) is 5.91 Å². The SMILES string of the molecule is C=C(C)OC(=O)NCCCNC(=O)c1ccc([S+]=C2/C(=C/C=C3\N(C)c4ccc5ccccc5c4C3(C)C)CCC/C2=C\C=C2/N(C)c3ccc4ccccc4c3C2(C)C)cc1. The van der Waals surface area contributed by atoms with Gasteiger partial charge in [-0.1, -0.05) is 107 Å². The molecule has 0 atom stereocenters. The number of hydrogen-bond acceptors (Lipinski definition) is 5. The highest BCUT2D eigenvalue weighted by molar-refractivity contribution is 7.79. The molecule has 0 spiro atoms. The van der Waals surface area contributed by atoms with Gasteiger partial charge in [0, 0.05) is 89.6 Å². The number of alkyl carbamates (subject to hydrolysis) is 1. The van der Waals surface area contributed by atoms with Crippen molar-refractivity contribution in [1.82, 2.24) is 10.6 Å². The molecule has 8 rings (SSSR count). The first kappa shape index (κ1) is 42.4. The molecule has 0 unspecified atom stereocenters. The summed E-state index contributed by atoms with van der Waals surface area (Å²) < 4.78 is 4.92. The van der Waals surface area contributed by atoms with E-state index in [1.54, 1.807) is 18.3 Å². The Morgan fingerprint density at radius 3 is 1.71 bits per heavy atom. The third-order valence-electron chi connectivity index (χ3n) is 12.7. The van der Waals surface area contributed by atoms with Crippen LogP contribution in [-0.4, -0.2) is 44.0 Å². The van der Waals surface area contributed by atoms with Gasteiger partial charge in [0.1, 0.15) is 0 Å². The van der Waals surface area contributed by atoms with Crippen molar-refractivity contribution in [3.8, 4) is 0 Å². The summed E-state index contributed by atoms with van der Waals surface area (Å²) in [4.78, 5) is 31.9. The van der Waals surface area contributed by atoms with Crippen molar-refractivity contribution in [2.75, 3.05) is 37.0 Å². The molecule has 5 aromatic rings. The average molecular weight is 842 g/mol. The number of carbonyl (C=O) groups is 2. The molecule has 2 N–H and O–H groups in total. The smallest absolute Gasteiger partial charge is 0.412 e. The molecule has 8 heteroatoms. The number of hydrogen-bond donors (Lipinski definition) is 2. The fourth-order valence-electron chi connectivity index (χ4n) is 9.67. The van der Waals surface area contributed by atoms with Crippen LogP contribution in [0.2, 0.25) is 0 Å². The molecule has 0 bridgehead atoms. The number of nitrogens with one attached hydrogen (secondary N) is 2. The summed E-state index contributed by atoms with van der Waals surface area (Å²) in [5.74, 6) is 0.181. The number of rotatable bonds is 9. The van der Waals surface area contributed by atoms with Crippen LogP contribution in [0.1, 0.15) is 81.8 Å². The molecule has 2 heterocycles. The van der Waals surface area contributed by atoms with E-state index in [4.69, 9.17) is 4.74 Å². The molecule has 5 aromatic carbocycles. The fraction of sp³-hybridized carbons (Fsp3) is 0.278. The normalized spacial score (nSPS) is 19.0. The van der Waals surface area contributed by atoms with E-state index < -0.39 is 6.09 Å².